The molecule has 1 aromatic heterocycles. The number of hydrogen-bond acceptors (Lipinski definition) is 8. The van der Waals surface area contributed by atoms with Crippen molar-refractivity contribution in [2.24, 2.45) is 11.7 Å². The standard InChI is InChI=1S/C19H32N6O7/c1-9(2)4-13(17(29)25-15(10(3)27)19(31)32)23-18(30)14(7-26)24-16(28)12(20)5-11-6-21-8-22-11/h6,8-10,12-15,26-27H,4-5,7,20H2,1-3H3,(H,21,22)(H,23,30)(H,24,28)(H,25,29)(H,31,32). The highest BCUT2D eigenvalue weighted by Crippen LogP contribution is 2.07. The number of imidazole rings is 1. The summed E-state index contributed by atoms with van der Waals surface area (Å²) in [7, 11) is 0. The number of aromatic nitrogens is 2. The zero-order valence-corrected chi connectivity index (χ0v) is 18.2. The van der Waals surface area contributed by atoms with Gasteiger partial charge in [0.15, 0.2) is 6.04 Å². The van der Waals surface area contributed by atoms with Gasteiger partial charge in [-0.25, -0.2) is 9.78 Å². The van der Waals surface area contributed by atoms with Crippen molar-refractivity contribution in [3.8, 4) is 0 Å². The highest BCUT2D eigenvalue weighted by molar-refractivity contribution is 5.94. The van der Waals surface area contributed by atoms with Crippen LogP contribution >= 0.6 is 0 Å². The summed E-state index contributed by atoms with van der Waals surface area (Å²) in [4.78, 5) is 55.3. The lowest BCUT2D eigenvalue weighted by Gasteiger charge is -2.26. The number of nitrogens with zero attached hydrogens (tertiary/aromatic N) is 1. The first-order valence-electron chi connectivity index (χ1n) is 10.1. The molecule has 0 saturated heterocycles. The number of carbonyl (C=O) groups is 4. The fraction of sp³-hybridized carbons (Fsp3) is 0.632. The topological polar surface area (TPSA) is 220 Å². The molecule has 0 aliphatic rings. The normalized spacial score (nSPS) is 15.8. The lowest BCUT2D eigenvalue weighted by molar-refractivity contribution is -0.145. The molecule has 13 heteroatoms. The van der Waals surface area contributed by atoms with E-state index in [2.05, 4.69) is 25.9 Å². The molecule has 0 radical (unpaired) electrons. The summed E-state index contributed by atoms with van der Waals surface area (Å²) in [5.74, 6) is -3.86. The van der Waals surface area contributed by atoms with Gasteiger partial charge >= 0.3 is 5.97 Å². The Hall–Kier alpha value is -3.03. The number of H-pyrrole nitrogens is 1. The first-order chi connectivity index (χ1) is 15.0. The Morgan fingerprint density at radius 3 is 2.12 bits per heavy atom. The average molecular weight is 457 g/mol. The van der Waals surface area contributed by atoms with Gasteiger partial charge in [-0.15, -0.1) is 0 Å². The van der Waals surface area contributed by atoms with E-state index in [-0.39, 0.29) is 18.8 Å². The minimum atomic E-state index is -1.57. The number of rotatable bonds is 13. The monoisotopic (exact) mass is 456 g/mol. The minimum Gasteiger partial charge on any atom is -0.480 e. The number of aliphatic carboxylic acids is 1. The molecule has 0 aliphatic heterocycles. The van der Waals surface area contributed by atoms with Crippen LogP contribution in [0.5, 0.6) is 0 Å². The van der Waals surface area contributed by atoms with E-state index in [1.807, 2.05) is 0 Å². The second-order valence-corrected chi connectivity index (χ2v) is 7.89. The van der Waals surface area contributed by atoms with Gasteiger partial charge in [-0.3, -0.25) is 14.4 Å². The Labute approximate surface area is 185 Å². The van der Waals surface area contributed by atoms with E-state index in [0.29, 0.717) is 5.69 Å². The van der Waals surface area contributed by atoms with Crippen LogP contribution in [0.2, 0.25) is 0 Å². The molecule has 3 amide bonds. The second-order valence-electron chi connectivity index (χ2n) is 7.89. The highest BCUT2D eigenvalue weighted by Gasteiger charge is 2.32. The Balaban J connectivity index is 2.81. The van der Waals surface area contributed by atoms with Crippen molar-refractivity contribution >= 4 is 23.7 Å². The van der Waals surface area contributed by atoms with Crippen molar-refractivity contribution in [3.05, 3.63) is 18.2 Å². The van der Waals surface area contributed by atoms with Crippen LogP contribution in [0.3, 0.4) is 0 Å². The average Bonchev–Trinajstić information content (AvgIpc) is 3.21. The fourth-order valence-electron chi connectivity index (χ4n) is 2.82. The third-order valence-electron chi connectivity index (χ3n) is 4.53. The first kappa shape index (κ1) is 27.0. The largest absolute Gasteiger partial charge is 0.480 e. The summed E-state index contributed by atoms with van der Waals surface area (Å²) in [5, 5.41) is 35.2. The smallest absolute Gasteiger partial charge is 0.328 e. The van der Waals surface area contributed by atoms with Crippen LogP contribution in [-0.4, -0.2) is 85.9 Å². The van der Waals surface area contributed by atoms with E-state index in [4.69, 9.17) is 10.8 Å². The summed E-state index contributed by atoms with van der Waals surface area (Å²) in [6.45, 7) is 4.03. The van der Waals surface area contributed by atoms with Crippen LogP contribution in [0.15, 0.2) is 12.5 Å². The lowest BCUT2D eigenvalue weighted by Crippen LogP contribution is -2.59. The number of aromatic amines is 1. The van der Waals surface area contributed by atoms with Gasteiger partial charge in [-0.2, -0.15) is 0 Å². The minimum absolute atomic E-state index is 0.0640. The van der Waals surface area contributed by atoms with E-state index in [1.165, 1.54) is 19.4 Å². The molecule has 32 heavy (non-hydrogen) atoms. The molecule has 0 saturated carbocycles. The molecule has 1 rings (SSSR count). The molecule has 0 fully saturated rings. The Kier molecular flexibility index (Phi) is 10.7. The van der Waals surface area contributed by atoms with E-state index in [1.54, 1.807) is 13.8 Å². The van der Waals surface area contributed by atoms with E-state index in [0.717, 1.165) is 0 Å². The van der Waals surface area contributed by atoms with Crippen molar-refractivity contribution in [3.63, 3.8) is 0 Å². The van der Waals surface area contributed by atoms with Gasteiger partial charge in [0.1, 0.15) is 12.1 Å². The third-order valence-corrected chi connectivity index (χ3v) is 4.53. The third kappa shape index (κ3) is 8.61. The summed E-state index contributed by atoms with van der Waals surface area (Å²) < 4.78 is 0. The van der Waals surface area contributed by atoms with Gasteiger partial charge in [0.25, 0.3) is 0 Å². The number of aliphatic hydroxyl groups excluding tert-OH is 2. The van der Waals surface area contributed by atoms with Gasteiger partial charge in [-0.1, -0.05) is 13.8 Å². The van der Waals surface area contributed by atoms with Crippen molar-refractivity contribution in [1.82, 2.24) is 25.9 Å². The van der Waals surface area contributed by atoms with Crippen LogP contribution in [0.25, 0.3) is 0 Å². The van der Waals surface area contributed by atoms with Crippen molar-refractivity contribution < 1.29 is 34.5 Å². The predicted octanol–water partition coefficient (Wildman–Crippen LogP) is -2.76. The SMILES string of the molecule is CC(C)CC(NC(=O)C(CO)NC(=O)C(N)Cc1cnc[nH]1)C(=O)NC(C(=O)O)C(C)O. The fourth-order valence-corrected chi connectivity index (χ4v) is 2.82. The van der Waals surface area contributed by atoms with Crippen LogP contribution in [0, 0.1) is 5.92 Å². The number of nitrogens with two attached hydrogens (primary N) is 1. The molecular formula is C19H32N6O7. The van der Waals surface area contributed by atoms with Gasteiger partial charge in [-0.05, 0) is 19.3 Å². The number of aliphatic hydroxyl groups is 2. The van der Waals surface area contributed by atoms with E-state index >= 15 is 0 Å². The summed E-state index contributed by atoms with van der Waals surface area (Å²) in [6.07, 6.45) is 1.83. The van der Waals surface area contributed by atoms with Crippen molar-refractivity contribution in [2.45, 2.75) is 63.9 Å². The van der Waals surface area contributed by atoms with Crippen LogP contribution in [0.4, 0.5) is 0 Å². The van der Waals surface area contributed by atoms with Gasteiger partial charge < -0.3 is 42.0 Å². The molecule has 5 unspecified atom stereocenters. The summed E-state index contributed by atoms with van der Waals surface area (Å²) in [6, 6.07) is -5.13. The second kappa shape index (κ2) is 12.7. The maximum atomic E-state index is 12.6. The molecule has 1 aromatic rings. The summed E-state index contributed by atoms with van der Waals surface area (Å²) >= 11 is 0. The number of carboxylic acids is 1. The van der Waals surface area contributed by atoms with Crippen LogP contribution in [0.1, 0.15) is 32.9 Å². The molecule has 9 N–H and O–H groups in total. The molecule has 0 aliphatic carbocycles. The molecule has 0 spiro atoms. The molecule has 13 nitrogen and oxygen atoms in total. The zero-order valence-electron chi connectivity index (χ0n) is 18.2. The molecular weight excluding hydrogens is 424 g/mol. The number of carboxylic acid groups (broad SMARTS) is 1. The van der Waals surface area contributed by atoms with Gasteiger partial charge in [0, 0.05) is 18.3 Å². The number of amides is 3. The molecule has 5 atom stereocenters. The Morgan fingerprint density at radius 2 is 1.66 bits per heavy atom. The molecule has 0 aromatic carbocycles. The molecule has 0 bridgehead atoms. The zero-order chi connectivity index (χ0) is 24.4. The van der Waals surface area contributed by atoms with Crippen LogP contribution in [-0.2, 0) is 25.6 Å². The van der Waals surface area contributed by atoms with Gasteiger partial charge in [0.05, 0.1) is 25.1 Å². The number of carbonyl (C=O) groups excluding carboxylic acids is 3. The maximum absolute atomic E-state index is 12.6. The Morgan fingerprint density at radius 1 is 1.06 bits per heavy atom. The lowest BCUT2D eigenvalue weighted by atomic mass is 10.0. The maximum Gasteiger partial charge on any atom is 0.328 e. The summed E-state index contributed by atoms with van der Waals surface area (Å²) in [5.41, 5.74) is 6.43. The first-order valence-corrected chi connectivity index (χ1v) is 10.1. The quantitative estimate of drug-likeness (QED) is 0.154. The van der Waals surface area contributed by atoms with Crippen molar-refractivity contribution in [2.75, 3.05) is 6.61 Å². The Bertz CT molecular complexity index is 768. The van der Waals surface area contributed by atoms with E-state index < -0.39 is 60.6 Å². The number of nitrogens with one attached hydrogen (secondary N) is 4. The van der Waals surface area contributed by atoms with Gasteiger partial charge in [0.2, 0.25) is 17.7 Å². The van der Waals surface area contributed by atoms with Crippen LogP contribution < -0.4 is 21.7 Å². The molecule has 1 heterocycles. The predicted molar refractivity (Wildman–Crippen MR) is 112 cm³/mol. The number of hydrogen-bond donors (Lipinski definition) is 8. The highest BCUT2D eigenvalue weighted by atomic mass is 16.4. The van der Waals surface area contributed by atoms with Crippen molar-refractivity contribution in [1.29, 1.82) is 0 Å². The molecule has 180 valence electrons. The van der Waals surface area contributed by atoms with E-state index in [9.17, 15) is 29.4 Å².